The lowest BCUT2D eigenvalue weighted by Gasteiger charge is -2.14. The third-order valence-corrected chi connectivity index (χ3v) is 3.36. The van der Waals surface area contributed by atoms with Crippen LogP contribution in [0.4, 0.5) is 15.8 Å². The van der Waals surface area contributed by atoms with Crippen molar-refractivity contribution in [2.24, 2.45) is 0 Å². The van der Waals surface area contributed by atoms with E-state index >= 15 is 0 Å². The SMILES string of the molecule is CC(Cc1ccsc1)Nc1cc(F)cc([N+](=O)[O-])c1. The van der Waals surface area contributed by atoms with E-state index in [-0.39, 0.29) is 11.7 Å². The molecule has 0 saturated heterocycles. The highest BCUT2D eigenvalue weighted by atomic mass is 32.1. The minimum absolute atomic E-state index is 0.0657. The molecule has 6 heteroatoms. The number of non-ortho nitro benzene ring substituents is 1. The van der Waals surface area contributed by atoms with E-state index in [1.807, 2.05) is 23.8 Å². The summed E-state index contributed by atoms with van der Waals surface area (Å²) in [6, 6.07) is 5.60. The van der Waals surface area contributed by atoms with E-state index in [1.54, 1.807) is 11.3 Å². The minimum atomic E-state index is -0.612. The van der Waals surface area contributed by atoms with Crippen molar-refractivity contribution in [3.63, 3.8) is 0 Å². The molecule has 4 nitrogen and oxygen atoms in total. The van der Waals surface area contributed by atoms with Crippen LogP contribution in [0.1, 0.15) is 12.5 Å². The quantitative estimate of drug-likeness (QED) is 0.668. The highest BCUT2D eigenvalue weighted by Crippen LogP contribution is 2.21. The van der Waals surface area contributed by atoms with Gasteiger partial charge in [0.05, 0.1) is 11.0 Å². The topological polar surface area (TPSA) is 55.2 Å². The number of nitrogens with one attached hydrogen (secondary N) is 1. The van der Waals surface area contributed by atoms with Crippen molar-refractivity contribution >= 4 is 22.7 Å². The van der Waals surface area contributed by atoms with Gasteiger partial charge in [-0.25, -0.2) is 4.39 Å². The molecular weight excluding hydrogens is 267 g/mol. The fourth-order valence-electron chi connectivity index (χ4n) is 1.86. The number of hydrogen-bond acceptors (Lipinski definition) is 4. The van der Waals surface area contributed by atoms with Crippen molar-refractivity contribution in [2.45, 2.75) is 19.4 Å². The minimum Gasteiger partial charge on any atom is -0.382 e. The summed E-state index contributed by atoms with van der Waals surface area (Å²) in [6.07, 6.45) is 0.786. The van der Waals surface area contributed by atoms with Crippen LogP contribution >= 0.6 is 11.3 Å². The van der Waals surface area contributed by atoms with Gasteiger partial charge in [0.1, 0.15) is 5.82 Å². The van der Waals surface area contributed by atoms with Gasteiger partial charge in [0.25, 0.3) is 5.69 Å². The summed E-state index contributed by atoms with van der Waals surface area (Å²) >= 11 is 1.62. The molecule has 1 unspecified atom stereocenters. The number of nitrogens with zero attached hydrogens (tertiary/aromatic N) is 1. The van der Waals surface area contributed by atoms with Gasteiger partial charge < -0.3 is 5.32 Å². The van der Waals surface area contributed by atoms with Crippen LogP contribution in [-0.4, -0.2) is 11.0 Å². The summed E-state index contributed by atoms with van der Waals surface area (Å²) in [5.41, 5.74) is 1.37. The molecule has 0 amide bonds. The van der Waals surface area contributed by atoms with Gasteiger partial charge in [-0.3, -0.25) is 10.1 Å². The first-order valence-electron chi connectivity index (χ1n) is 5.77. The third kappa shape index (κ3) is 3.75. The number of nitro benzene ring substituents is 1. The second kappa shape index (κ2) is 5.79. The Hall–Kier alpha value is -1.95. The summed E-state index contributed by atoms with van der Waals surface area (Å²) in [5, 5.41) is 17.8. The first-order valence-corrected chi connectivity index (χ1v) is 6.71. The molecule has 0 bridgehead atoms. The van der Waals surface area contributed by atoms with E-state index in [9.17, 15) is 14.5 Å². The van der Waals surface area contributed by atoms with Crippen LogP contribution in [-0.2, 0) is 6.42 Å². The average molecular weight is 280 g/mol. The Morgan fingerprint density at radius 3 is 2.89 bits per heavy atom. The summed E-state index contributed by atoms with van der Waals surface area (Å²) in [4.78, 5) is 10.1. The maximum atomic E-state index is 13.3. The Bertz CT molecular complexity index is 572. The highest BCUT2D eigenvalue weighted by Gasteiger charge is 2.11. The summed E-state index contributed by atoms with van der Waals surface area (Å²) < 4.78 is 13.3. The number of anilines is 1. The van der Waals surface area contributed by atoms with E-state index in [1.165, 1.54) is 17.7 Å². The third-order valence-electron chi connectivity index (χ3n) is 2.63. The van der Waals surface area contributed by atoms with Crippen molar-refractivity contribution < 1.29 is 9.31 Å². The lowest BCUT2D eigenvalue weighted by atomic mass is 10.1. The standard InChI is InChI=1S/C13H13FN2O2S/c1-9(4-10-2-3-19-8-10)15-12-5-11(14)6-13(7-12)16(17)18/h2-3,5-9,15H,4H2,1H3. The molecule has 19 heavy (non-hydrogen) atoms. The number of benzene rings is 1. The number of rotatable bonds is 5. The maximum Gasteiger partial charge on any atom is 0.274 e. The van der Waals surface area contributed by atoms with Crippen LogP contribution in [0.15, 0.2) is 35.0 Å². The van der Waals surface area contributed by atoms with Crippen LogP contribution in [0.5, 0.6) is 0 Å². The molecule has 0 saturated carbocycles. The second-order valence-electron chi connectivity index (χ2n) is 4.34. The Kier molecular flexibility index (Phi) is 4.11. The molecule has 0 fully saturated rings. The number of halogens is 1. The van der Waals surface area contributed by atoms with Gasteiger partial charge in [0, 0.05) is 17.8 Å². The Morgan fingerprint density at radius 2 is 2.26 bits per heavy atom. The van der Waals surface area contributed by atoms with Gasteiger partial charge in [-0.1, -0.05) is 0 Å². The molecule has 1 aromatic heterocycles. The predicted molar refractivity (Wildman–Crippen MR) is 74.2 cm³/mol. The zero-order valence-corrected chi connectivity index (χ0v) is 11.1. The number of hydrogen-bond donors (Lipinski definition) is 1. The molecule has 100 valence electrons. The van der Waals surface area contributed by atoms with E-state index in [0.29, 0.717) is 5.69 Å². The Labute approximate surface area is 114 Å². The smallest absolute Gasteiger partial charge is 0.274 e. The first kappa shape index (κ1) is 13.5. The summed E-state index contributed by atoms with van der Waals surface area (Å²) in [6.45, 7) is 1.95. The molecule has 2 rings (SSSR count). The lowest BCUT2D eigenvalue weighted by Crippen LogP contribution is -2.17. The zero-order chi connectivity index (χ0) is 13.8. The molecule has 0 spiro atoms. The highest BCUT2D eigenvalue weighted by molar-refractivity contribution is 7.07. The largest absolute Gasteiger partial charge is 0.382 e. The first-order chi connectivity index (χ1) is 9.04. The zero-order valence-electron chi connectivity index (χ0n) is 10.3. The van der Waals surface area contributed by atoms with Crippen molar-refractivity contribution in [3.8, 4) is 0 Å². The second-order valence-corrected chi connectivity index (χ2v) is 5.12. The van der Waals surface area contributed by atoms with Crippen LogP contribution in [0.25, 0.3) is 0 Å². The molecule has 2 aromatic rings. The molecule has 0 aliphatic carbocycles. The molecule has 1 atom stereocenters. The fourth-order valence-corrected chi connectivity index (χ4v) is 2.54. The van der Waals surface area contributed by atoms with E-state index in [4.69, 9.17) is 0 Å². The number of thiophene rings is 1. The summed E-state index contributed by atoms with van der Waals surface area (Å²) in [5.74, 6) is -0.612. The van der Waals surface area contributed by atoms with Gasteiger partial charge in [-0.15, -0.1) is 0 Å². The molecule has 1 N–H and O–H groups in total. The van der Waals surface area contributed by atoms with E-state index in [0.717, 1.165) is 12.5 Å². The maximum absolute atomic E-state index is 13.3. The van der Waals surface area contributed by atoms with Crippen molar-refractivity contribution in [1.29, 1.82) is 0 Å². The van der Waals surface area contributed by atoms with E-state index < -0.39 is 10.7 Å². The molecule has 0 radical (unpaired) electrons. The molecule has 0 aliphatic heterocycles. The molecule has 1 aromatic carbocycles. The monoisotopic (exact) mass is 280 g/mol. The van der Waals surface area contributed by atoms with Crippen LogP contribution in [0, 0.1) is 15.9 Å². The van der Waals surface area contributed by atoms with Crippen molar-refractivity contribution in [2.75, 3.05) is 5.32 Å². The van der Waals surface area contributed by atoms with Gasteiger partial charge >= 0.3 is 0 Å². The van der Waals surface area contributed by atoms with Crippen LogP contribution in [0.3, 0.4) is 0 Å². The average Bonchev–Trinajstić information content (AvgIpc) is 2.80. The van der Waals surface area contributed by atoms with Gasteiger partial charge in [-0.05, 0) is 41.8 Å². The summed E-state index contributed by atoms with van der Waals surface area (Å²) in [7, 11) is 0. The lowest BCUT2D eigenvalue weighted by molar-refractivity contribution is -0.385. The van der Waals surface area contributed by atoms with Crippen molar-refractivity contribution in [3.05, 3.63) is 56.5 Å². The van der Waals surface area contributed by atoms with Crippen LogP contribution < -0.4 is 5.32 Å². The predicted octanol–water partition coefficient (Wildman–Crippen LogP) is 3.84. The normalized spacial score (nSPS) is 12.1. The van der Waals surface area contributed by atoms with Crippen molar-refractivity contribution in [1.82, 2.24) is 0 Å². The van der Waals surface area contributed by atoms with Gasteiger partial charge in [0.2, 0.25) is 0 Å². The Morgan fingerprint density at radius 1 is 1.47 bits per heavy atom. The van der Waals surface area contributed by atoms with Gasteiger partial charge in [-0.2, -0.15) is 11.3 Å². The number of nitro groups is 1. The Balaban J connectivity index is 2.08. The fraction of sp³-hybridized carbons (Fsp3) is 0.231. The van der Waals surface area contributed by atoms with Crippen LogP contribution in [0.2, 0.25) is 0 Å². The molecule has 0 aliphatic rings. The molecule has 1 heterocycles. The van der Waals surface area contributed by atoms with E-state index in [2.05, 4.69) is 5.32 Å². The van der Waals surface area contributed by atoms with Gasteiger partial charge in [0.15, 0.2) is 0 Å². The molecular formula is C13H13FN2O2S.